The molecule has 1 heterocycles. The minimum atomic E-state index is -0.223. The molecule has 66 valence electrons. The van der Waals surface area contributed by atoms with Crippen molar-refractivity contribution >= 4 is 0 Å². The van der Waals surface area contributed by atoms with Crippen LogP contribution < -0.4 is 0 Å². The lowest BCUT2D eigenvalue weighted by atomic mass is 10.1. The van der Waals surface area contributed by atoms with Crippen molar-refractivity contribution in [3.8, 4) is 0 Å². The van der Waals surface area contributed by atoms with Gasteiger partial charge in [0.1, 0.15) is 0 Å². The Morgan fingerprint density at radius 1 is 1.18 bits per heavy atom. The maximum Gasteiger partial charge on any atom is 0.158 e. The van der Waals surface area contributed by atoms with Gasteiger partial charge in [0, 0.05) is 25.6 Å². The van der Waals surface area contributed by atoms with Gasteiger partial charge in [-0.2, -0.15) is 0 Å². The number of ether oxygens (including phenoxy) is 2. The van der Waals surface area contributed by atoms with E-state index in [2.05, 4.69) is 0 Å². The van der Waals surface area contributed by atoms with Gasteiger partial charge in [0.15, 0.2) is 6.29 Å². The molecule has 1 aliphatic rings. The molecule has 0 radical (unpaired) electrons. The third-order valence-electron chi connectivity index (χ3n) is 1.73. The second kappa shape index (κ2) is 4.66. The predicted molar refractivity (Wildman–Crippen MR) is 38.0 cm³/mol. The molecule has 0 amide bonds. The quantitative estimate of drug-likeness (QED) is 0.576. The molecule has 0 atom stereocenters. The Labute approximate surface area is 65.7 Å². The smallest absolute Gasteiger partial charge is 0.158 e. The van der Waals surface area contributed by atoms with Crippen LogP contribution in [0.15, 0.2) is 0 Å². The summed E-state index contributed by atoms with van der Waals surface area (Å²) in [5.41, 5.74) is 0. The van der Waals surface area contributed by atoms with E-state index in [1.165, 1.54) is 0 Å². The Kier molecular flexibility index (Phi) is 3.79. The zero-order valence-corrected chi connectivity index (χ0v) is 6.40. The van der Waals surface area contributed by atoms with Gasteiger partial charge in [0.25, 0.3) is 0 Å². The summed E-state index contributed by atoms with van der Waals surface area (Å²) in [4.78, 5) is 0. The first-order valence-corrected chi connectivity index (χ1v) is 3.81. The van der Waals surface area contributed by atoms with Gasteiger partial charge in [-0.25, -0.2) is 0 Å². The number of hydrogen-bond donors (Lipinski definition) is 2. The maximum absolute atomic E-state index is 8.72. The minimum absolute atomic E-state index is 0.0142. The molecule has 4 nitrogen and oxygen atoms in total. The molecular weight excluding hydrogens is 148 g/mol. The standard InChI is InChI=1S/C7H14O4/c8-4-6(5-9)3-7-10-1-2-11-7/h6-9H,1-5H2. The van der Waals surface area contributed by atoms with Gasteiger partial charge >= 0.3 is 0 Å². The molecule has 0 spiro atoms. The molecule has 0 aromatic heterocycles. The summed E-state index contributed by atoms with van der Waals surface area (Å²) in [6.45, 7) is 1.21. The lowest BCUT2D eigenvalue weighted by Gasteiger charge is -2.14. The lowest BCUT2D eigenvalue weighted by Crippen LogP contribution is -2.20. The van der Waals surface area contributed by atoms with E-state index in [4.69, 9.17) is 19.7 Å². The number of aliphatic hydroxyl groups is 2. The van der Waals surface area contributed by atoms with Gasteiger partial charge in [-0.3, -0.25) is 0 Å². The van der Waals surface area contributed by atoms with E-state index in [9.17, 15) is 0 Å². The van der Waals surface area contributed by atoms with E-state index in [1.807, 2.05) is 0 Å². The molecule has 1 rings (SSSR count). The largest absolute Gasteiger partial charge is 0.396 e. The van der Waals surface area contributed by atoms with Crippen molar-refractivity contribution in [2.75, 3.05) is 26.4 Å². The number of aliphatic hydroxyl groups excluding tert-OH is 2. The summed E-state index contributed by atoms with van der Waals surface area (Å²) in [6, 6.07) is 0. The summed E-state index contributed by atoms with van der Waals surface area (Å²) in [6.07, 6.45) is 0.354. The zero-order valence-electron chi connectivity index (χ0n) is 6.40. The van der Waals surface area contributed by atoms with Gasteiger partial charge in [-0.05, 0) is 0 Å². The van der Waals surface area contributed by atoms with Crippen LogP contribution in [0.3, 0.4) is 0 Å². The second-order valence-electron chi connectivity index (χ2n) is 2.64. The number of rotatable bonds is 4. The monoisotopic (exact) mass is 162 g/mol. The summed E-state index contributed by atoms with van der Waals surface area (Å²) in [5, 5.41) is 17.4. The first-order chi connectivity index (χ1) is 5.36. The average Bonchev–Trinajstić information content (AvgIpc) is 2.52. The molecule has 1 fully saturated rings. The normalized spacial score (nSPS) is 19.9. The Hall–Kier alpha value is -0.160. The molecule has 1 saturated heterocycles. The highest BCUT2D eigenvalue weighted by molar-refractivity contribution is 4.61. The van der Waals surface area contributed by atoms with Crippen LogP contribution >= 0.6 is 0 Å². The number of hydrogen-bond acceptors (Lipinski definition) is 4. The third-order valence-corrected chi connectivity index (χ3v) is 1.73. The lowest BCUT2D eigenvalue weighted by molar-refractivity contribution is -0.0661. The summed E-state index contributed by atoms with van der Waals surface area (Å²) in [5.74, 6) is -0.113. The molecule has 0 aromatic carbocycles. The van der Waals surface area contributed by atoms with Gasteiger partial charge in [-0.1, -0.05) is 0 Å². The Morgan fingerprint density at radius 2 is 1.73 bits per heavy atom. The highest BCUT2D eigenvalue weighted by atomic mass is 16.7. The van der Waals surface area contributed by atoms with Crippen molar-refractivity contribution in [3.05, 3.63) is 0 Å². The Morgan fingerprint density at radius 3 is 2.18 bits per heavy atom. The summed E-state index contributed by atoms with van der Waals surface area (Å²) < 4.78 is 10.3. The average molecular weight is 162 g/mol. The van der Waals surface area contributed by atoms with E-state index in [0.717, 1.165) is 0 Å². The van der Waals surface area contributed by atoms with Crippen LogP contribution in [0, 0.1) is 5.92 Å². The SMILES string of the molecule is OCC(CO)CC1OCCO1. The van der Waals surface area contributed by atoms with Crippen LogP contribution in [0.2, 0.25) is 0 Å². The van der Waals surface area contributed by atoms with Crippen molar-refractivity contribution in [1.82, 2.24) is 0 Å². The molecule has 1 aliphatic heterocycles. The second-order valence-corrected chi connectivity index (χ2v) is 2.64. The predicted octanol–water partition coefficient (Wildman–Crippen LogP) is -0.650. The third kappa shape index (κ3) is 2.75. The maximum atomic E-state index is 8.72. The molecular formula is C7H14O4. The van der Waals surface area contributed by atoms with Crippen LogP contribution in [0.1, 0.15) is 6.42 Å². The zero-order chi connectivity index (χ0) is 8.10. The molecule has 0 unspecified atom stereocenters. The fourth-order valence-corrected chi connectivity index (χ4v) is 1.02. The Balaban J connectivity index is 2.16. The van der Waals surface area contributed by atoms with E-state index in [-0.39, 0.29) is 25.4 Å². The van der Waals surface area contributed by atoms with Gasteiger partial charge < -0.3 is 19.7 Å². The molecule has 0 aromatic rings. The fraction of sp³-hybridized carbons (Fsp3) is 1.00. The van der Waals surface area contributed by atoms with E-state index in [0.29, 0.717) is 19.6 Å². The molecule has 2 N–H and O–H groups in total. The molecule has 11 heavy (non-hydrogen) atoms. The van der Waals surface area contributed by atoms with E-state index in [1.54, 1.807) is 0 Å². The van der Waals surface area contributed by atoms with Gasteiger partial charge in [0.2, 0.25) is 0 Å². The first kappa shape index (κ1) is 8.93. The van der Waals surface area contributed by atoms with Gasteiger partial charge in [0.05, 0.1) is 13.2 Å². The van der Waals surface area contributed by atoms with Crippen molar-refractivity contribution in [2.24, 2.45) is 5.92 Å². The van der Waals surface area contributed by atoms with Crippen molar-refractivity contribution in [3.63, 3.8) is 0 Å². The van der Waals surface area contributed by atoms with Crippen LogP contribution in [0.25, 0.3) is 0 Å². The first-order valence-electron chi connectivity index (χ1n) is 3.81. The van der Waals surface area contributed by atoms with Crippen LogP contribution in [0.5, 0.6) is 0 Å². The van der Waals surface area contributed by atoms with Crippen LogP contribution in [-0.2, 0) is 9.47 Å². The Bertz CT molecular complexity index is 96.6. The highest BCUT2D eigenvalue weighted by Crippen LogP contribution is 2.13. The molecule has 0 saturated carbocycles. The fourth-order valence-electron chi connectivity index (χ4n) is 1.02. The molecule has 0 bridgehead atoms. The summed E-state index contributed by atoms with van der Waals surface area (Å²) >= 11 is 0. The molecule has 4 heteroatoms. The van der Waals surface area contributed by atoms with Crippen molar-refractivity contribution < 1.29 is 19.7 Å². The van der Waals surface area contributed by atoms with Crippen LogP contribution in [-0.4, -0.2) is 42.9 Å². The highest BCUT2D eigenvalue weighted by Gasteiger charge is 2.20. The minimum Gasteiger partial charge on any atom is -0.396 e. The van der Waals surface area contributed by atoms with E-state index < -0.39 is 0 Å². The van der Waals surface area contributed by atoms with Gasteiger partial charge in [-0.15, -0.1) is 0 Å². The van der Waals surface area contributed by atoms with Crippen LogP contribution in [0.4, 0.5) is 0 Å². The van der Waals surface area contributed by atoms with E-state index >= 15 is 0 Å². The van der Waals surface area contributed by atoms with Crippen molar-refractivity contribution in [2.45, 2.75) is 12.7 Å². The topological polar surface area (TPSA) is 58.9 Å². The summed E-state index contributed by atoms with van der Waals surface area (Å²) in [7, 11) is 0. The van der Waals surface area contributed by atoms with Crippen molar-refractivity contribution in [1.29, 1.82) is 0 Å². The molecule has 0 aliphatic carbocycles.